The number of likely N-dealkylation sites (N-methyl/N-ethyl adjacent to an activating group) is 1. The Morgan fingerprint density at radius 1 is 1.04 bits per heavy atom. The summed E-state index contributed by atoms with van der Waals surface area (Å²) in [6.07, 6.45) is 8.33. The highest BCUT2D eigenvalue weighted by Gasteiger charge is 2.36. The summed E-state index contributed by atoms with van der Waals surface area (Å²) in [7, 11) is 4.58. The van der Waals surface area contributed by atoms with E-state index in [0.29, 0.717) is 43.5 Å². The maximum Gasteiger partial charge on any atom is 0.410 e. The van der Waals surface area contributed by atoms with E-state index in [0.717, 1.165) is 37.7 Å². The summed E-state index contributed by atoms with van der Waals surface area (Å²) < 4.78 is 10.8. The maximum atomic E-state index is 14.3. The van der Waals surface area contributed by atoms with Gasteiger partial charge in [-0.15, -0.1) is 0 Å². The molecule has 0 radical (unpaired) electrons. The maximum absolute atomic E-state index is 14.3. The summed E-state index contributed by atoms with van der Waals surface area (Å²) >= 11 is 0. The second-order valence-electron chi connectivity index (χ2n) is 14.2. The van der Waals surface area contributed by atoms with Crippen molar-refractivity contribution in [1.82, 2.24) is 30.4 Å². The third-order valence-electron chi connectivity index (χ3n) is 9.63. The molecule has 0 spiro atoms. The number of nitrogens with zero attached hydrogens (tertiary/aromatic N) is 3. The number of amides is 4. The van der Waals surface area contributed by atoms with Crippen molar-refractivity contribution in [2.45, 2.75) is 109 Å². The molecule has 13 heteroatoms. The van der Waals surface area contributed by atoms with Gasteiger partial charge in [0.2, 0.25) is 11.8 Å². The van der Waals surface area contributed by atoms with E-state index in [1.54, 1.807) is 13.3 Å². The van der Waals surface area contributed by atoms with Gasteiger partial charge in [0.25, 0.3) is 5.91 Å². The van der Waals surface area contributed by atoms with E-state index in [1.807, 2.05) is 30.3 Å². The van der Waals surface area contributed by atoms with E-state index in [2.05, 4.69) is 34.4 Å². The van der Waals surface area contributed by atoms with Gasteiger partial charge in [-0.3, -0.25) is 14.4 Å². The topological polar surface area (TPSA) is 166 Å². The number of imidazole rings is 1. The molecule has 0 aliphatic heterocycles. The van der Waals surface area contributed by atoms with Crippen LogP contribution in [-0.2, 0) is 36.7 Å². The fraction of sp³-hybridized carbons (Fsp3) is 0.658. The van der Waals surface area contributed by atoms with E-state index in [-0.39, 0.29) is 31.7 Å². The largest absolute Gasteiger partial charge is 0.436 e. The average Bonchev–Trinajstić information content (AvgIpc) is 3.65. The number of ether oxygens (including phenoxy) is 2. The van der Waals surface area contributed by atoms with Crippen LogP contribution in [0.2, 0.25) is 0 Å². The third-order valence-corrected chi connectivity index (χ3v) is 9.63. The molecule has 4 N–H and O–H groups in total. The van der Waals surface area contributed by atoms with Gasteiger partial charge in [-0.1, -0.05) is 76.3 Å². The van der Waals surface area contributed by atoms with Gasteiger partial charge in [-0.05, 0) is 36.7 Å². The lowest BCUT2D eigenvalue weighted by Crippen LogP contribution is -2.56. The van der Waals surface area contributed by atoms with Crippen molar-refractivity contribution in [3.05, 3.63) is 54.1 Å². The number of H-pyrrole nitrogens is 1. The zero-order valence-corrected chi connectivity index (χ0v) is 31.1. The first-order valence-corrected chi connectivity index (χ1v) is 18.4. The monoisotopic (exact) mass is 712 g/mol. The number of hydrogen-bond donors (Lipinski definition) is 4. The molecule has 1 aliphatic carbocycles. The summed E-state index contributed by atoms with van der Waals surface area (Å²) in [5.41, 5.74) is 1.42. The number of nitrogens with one attached hydrogen (secondary N) is 3. The van der Waals surface area contributed by atoms with E-state index in [9.17, 15) is 24.3 Å². The number of aliphatic hydroxyl groups is 1. The SMILES string of the molecule is COCCNC(=O)CCN(C)C(=O)O[C@@H](Cc1ccccc1)C(=O)N(C)[C@@H](Cc1cnc[nH]1)C(=O)N[C@@H](CC1CCCCC1)[C@@H](O)CCC(C)C. The van der Waals surface area contributed by atoms with Crippen molar-refractivity contribution >= 4 is 23.8 Å². The molecular formula is C38H60N6O7. The molecule has 1 aromatic carbocycles. The summed E-state index contributed by atoms with van der Waals surface area (Å²) in [6, 6.07) is 7.75. The van der Waals surface area contributed by atoms with Gasteiger partial charge in [0.15, 0.2) is 6.10 Å². The van der Waals surface area contributed by atoms with Gasteiger partial charge >= 0.3 is 6.09 Å². The van der Waals surface area contributed by atoms with Gasteiger partial charge in [-0.2, -0.15) is 0 Å². The molecule has 1 heterocycles. The number of aromatic amines is 1. The van der Waals surface area contributed by atoms with Crippen LogP contribution in [0.25, 0.3) is 0 Å². The highest BCUT2D eigenvalue weighted by atomic mass is 16.6. The molecule has 1 aliphatic rings. The highest BCUT2D eigenvalue weighted by molar-refractivity contribution is 5.90. The van der Waals surface area contributed by atoms with Crippen LogP contribution >= 0.6 is 0 Å². The Labute approximate surface area is 303 Å². The Morgan fingerprint density at radius 3 is 2.41 bits per heavy atom. The van der Waals surface area contributed by atoms with E-state index >= 15 is 0 Å². The average molecular weight is 713 g/mol. The quantitative estimate of drug-likeness (QED) is 0.142. The number of aliphatic hydroxyl groups excluding tert-OH is 1. The molecular weight excluding hydrogens is 652 g/mol. The molecule has 4 amide bonds. The predicted molar refractivity (Wildman–Crippen MR) is 195 cm³/mol. The Morgan fingerprint density at radius 2 is 1.76 bits per heavy atom. The van der Waals surface area contributed by atoms with Crippen LogP contribution in [0.3, 0.4) is 0 Å². The molecule has 0 saturated heterocycles. The number of aromatic nitrogens is 2. The van der Waals surface area contributed by atoms with Crippen LogP contribution in [0.15, 0.2) is 42.9 Å². The lowest BCUT2D eigenvalue weighted by molar-refractivity contribution is -0.146. The first kappa shape index (κ1) is 41.5. The first-order chi connectivity index (χ1) is 24.5. The van der Waals surface area contributed by atoms with E-state index < -0.39 is 42.2 Å². The molecule has 284 valence electrons. The number of carbonyl (C=O) groups excluding carboxylic acids is 4. The first-order valence-electron chi connectivity index (χ1n) is 18.4. The third kappa shape index (κ3) is 14.7. The minimum absolute atomic E-state index is 0.0456. The Kier molecular flexibility index (Phi) is 17.9. The Bertz CT molecular complexity index is 1320. The minimum Gasteiger partial charge on any atom is -0.436 e. The Balaban J connectivity index is 1.82. The van der Waals surface area contributed by atoms with Crippen LogP contribution in [0.5, 0.6) is 0 Å². The van der Waals surface area contributed by atoms with Crippen LogP contribution in [0.1, 0.15) is 82.9 Å². The zero-order chi connectivity index (χ0) is 37.2. The van der Waals surface area contributed by atoms with Crippen molar-refractivity contribution < 1.29 is 33.8 Å². The molecule has 0 unspecified atom stereocenters. The second kappa shape index (κ2) is 22.1. The van der Waals surface area contributed by atoms with Gasteiger partial charge in [0.05, 0.1) is 25.1 Å². The van der Waals surface area contributed by atoms with Gasteiger partial charge < -0.3 is 40.0 Å². The van der Waals surface area contributed by atoms with Crippen molar-refractivity contribution in [3.63, 3.8) is 0 Å². The highest BCUT2D eigenvalue weighted by Crippen LogP contribution is 2.29. The standard InChI is InChI=1S/C38H60N6O7/c1-27(2)16-17-33(45)31(22-28-12-8-6-9-13-28)42-36(47)32(24-30-25-39-26-41-30)44(4)37(48)34(23-29-14-10-7-11-15-29)51-38(49)43(3)20-18-35(46)40-19-21-50-5/h7,10-11,14-15,25-28,31-34,45H,6,8-9,12-13,16-24H2,1-5H3,(H,39,41)(H,40,46)(H,42,47)/t31-,32-,33-,34-/m0/s1. The van der Waals surface area contributed by atoms with E-state index in [4.69, 9.17) is 9.47 Å². The molecule has 13 nitrogen and oxygen atoms in total. The second-order valence-corrected chi connectivity index (χ2v) is 14.2. The lowest BCUT2D eigenvalue weighted by atomic mass is 9.83. The molecule has 0 bridgehead atoms. The number of hydrogen-bond acceptors (Lipinski definition) is 8. The fourth-order valence-corrected chi connectivity index (χ4v) is 6.43. The van der Waals surface area contributed by atoms with Crippen LogP contribution in [0.4, 0.5) is 4.79 Å². The van der Waals surface area contributed by atoms with Crippen molar-refractivity contribution in [3.8, 4) is 0 Å². The Hall–Kier alpha value is -3.97. The molecule has 51 heavy (non-hydrogen) atoms. The smallest absolute Gasteiger partial charge is 0.410 e. The fourth-order valence-electron chi connectivity index (χ4n) is 6.43. The van der Waals surface area contributed by atoms with Gasteiger partial charge in [0, 0.05) is 65.4 Å². The number of methoxy groups -OCH3 is 1. The number of carbonyl (C=O) groups is 4. The van der Waals surface area contributed by atoms with Crippen LogP contribution in [0, 0.1) is 11.8 Å². The number of benzene rings is 1. The normalized spacial score (nSPS) is 15.7. The van der Waals surface area contributed by atoms with Crippen molar-refractivity contribution in [2.75, 3.05) is 40.9 Å². The lowest BCUT2D eigenvalue weighted by Gasteiger charge is -2.34. The van der Waals surface area contributed by atoms with Crippen LogP contribution in [-0.4, -0.2) is 114 Å². The van der Waals surface area contributed by atoms with Gasteiger partial charge in [-0.25, -0.2) is 9.78 Å². The predicted octanol–water partition coefficient (Wildman–Crippen LogP) is 3.86. The molecule has 2 aromatic rings. The summed E-state index contributed by atoms with van der Waals surface area (Å²) in [6.45, 7) is 5.03. The van der Waals surface area contributed by atoms with E-state index in [1.165, 1.54) is 36.6 Å². The summed E-state index contributed by atoms with van der Waals surface area (Å²) in [4.78, 5) is 63.8. The molecule has 3 rings (SSSR count). The summed E-state index contributed by atoms with van der Waals surface area (Å²) in [5.74, 6) is -0.379. The zero-order valence-electron chi connectivity index (χ0n) is 31.1. The molecule has 1 fully saturated rings. The van der Waals surface area contributed by atoms with Gasteiger partial charge in [0.1, 0.15) is 6.04 Å². The number of rotatable bonds is 21. The summed E-state index contributed by atoms with van der Waals surface area (Å²) in [5, 5.41) is 17.2. The molecule has 1 saturated carbocycles. The molecule has 1 aromatic heterocycles. The van der Waals surface area contributed by atoms with Crippen molar-refractivity contribution in [1.29, 1.82) is 0 Å². The molecule has 4 atom stereocenters. The van der Waals surface area contributed by atoms with Crippen LogP contribution < -0.4 is 10.6 Å². The van der Waals surface area contributed by atoms with Crippen molar-refractivity contribution in [2.24, 2.45) is 11.8 Å². The minimum atomic E-state index is -1.25.